The molecule has 0 radical (unpaired) electrons. The molecule has 92 valence electrons. The highest BCUT2D eigenvalue weighted by Gasteiger charge is 2.39. The lowest BCUT2D eigenvalue weighted by atomic mass is 10.1. The van der Waals surface area contributed by atoms with Gasteiger partial charge in [0.1, 0.15) is 6.61 Å². The van der Waals surface area contributed by atoms with Crippen molar-refractivity contribution in [3.8, 4) is 0 Å². The molecule has 0 aliphatic carbocycles. The first-order valence-electron chi connectivity index (χ1n) is 6.11. The molecule has 2 heterocycles. The minimum atomic E-state index is -0.233. The van der Waals surface area contributed by atoms with E-state index in [0.29, 0.717) is 12.0 Å². The van der Waals surface area contributed by atoms with Crippen LogP contribution in [-0.4, -0.2) is 48.7 Å². The molecule has 2 fully saturated rings. The molecule has 2 aliphatic heterocycles. The number of carbonyl (C=O) groups is 1. The Kier molecular flexibility index (Phi) is 3.22. The number of hydrogen-bond donors (Lipinski definition) is 1. The summed E-state index contributed by atoms with van der Waals surface area (Å²) in [6.45, 7) is 9.06. The van der Waals surface area contributed by atoms with Crippen LogP contribution in [-0.2, 0) is 9.53 Å². The number of hydrogen-bond acceptors (Lipinski definition) is 3. The molecule has 2 rings (SSSR count). The highest BCUT2D eigenvalue weighted by atomic mass is 16.5. The van der Waals surface area contributed by atoms with Gasteiger partial charge in [-0.15, -0.1) is 0 Å². The van der Waals surface area contributed by atoms with Crippen molar-refractivity contribution in [1.82, 2.24) is 10.2 Å². The molecular formula is C12H22N2O2. The number of fused-ring (bicyclic) bond motifs is 1. The fourth-order valence-corrected chi connectivity index (χ4v) is 2.52. The molecule has 2 atom stereocenters. The Labute approximate surface area is 97.3 Å². The van der Waals surface area contributed by atoms with Crippen LogP contribution in [0.15, 0.2) is 0 Å². The van der Waals surface area contributed by atoms with Gasteiger partial charge < -0.3 is 15.0 Å². The Morgan fingerprint density at radius 2 is 2.19 bits per heavy atom. The maximum atomic E-state index is 12.0. The summed E-state index contributed by atoms with van der Waals surface area (Å²) in [6.07, 6.45) is 1.14. The average molecular weight is 226 g/mol. The van der Waals surface area contributed by atoms with Gasteiger partial charge in [-0.3, -0.25) is 4.79 Å². The number of nitrogens with zero attached hydrogens (tertiary/aromatic N) is 1. The quantitative estimate of drug-likeness (QED) is 0.750. The monoisotopic (exact) mass is 226 g/mol. The van der Waals surface area contributed by atoms with Crippen LogP contribution in [0.2, 0.25) is 0 Å². The van der Waals surface area contributed by atoms with Gasteiger partial charge in [0, 0.05) is 25.7 Å². The fourth-order valence-electron chi connectivity index (χ4n) is 2.52. The molecule has 4 heteroatoms. The number of likely N-dealkylation sites (tertiary alicyclic amines) is 1. The van der Waals surface area contributed by atoms with E-state index in [1.54, 1.807) is 0 Å². The van der Waals surface area contributed by atoms with Gasteiger partial charge in [-0.1, -0.05) is 0 Å². The van der Waals surface area contributed by atoms with Crippen LogP contribution in [0.5, 0.6) is 0 Å². The van der Waals surface area contributed by atoms with Gasteiger partial charge >= 0.3 is 0 Å². The number of rotatable bonds is 2. The maximum absolute atomic E-state index is 12.0. The summed E-state index contributed by atoms with van der Waals surface area (Å²) in [6, 6.07) is 0.413. The summed E-state index contributed by atoms with van der Waals surface area (Å²) >= 11 is 0. The zero-order valence-corrected chi connectivity index (χ0v) is 10.5. The lowest BCUT2D eigenvalue weighted by Gasteiger charge is -2.26. The number of nitrogens with one attached hydrogen (secondary N) is 1. The van der Waals surface area contributed by atoms with Gasteiger partial charge in [-0.25, -0.2) is 0 Å². The topological polar surface area (TPSA) is 41.6 Å². The van der Waals surface area contributed by atoms with Gasteiger partial charge in [0.25, 0.3) is 0 Å². The zero-order chi connectivity index (χ0) is 11.8. The van der Waals surface area contributed by atoms with Crippen molar-refractivity contribution in [2.45, 2.75) is 38.8 Å². The molecule has 2 saturated heterocycles. The van der Waals surface area contributed by atoms with E-state index in [1.165, 1.54) is 0 Å². The van der Waals surface area contributed by atoms with Crippen LogP contribution in [0.1, 0.15) is 27.2 Å². The van der Waals surface area contributed by atoms with E-state index in [-0.39, 0.29) is 18.1 Å². The van der Waals surface area contributed by atoms with Crippen molar-refractivity contribution in [2.75, 3.05) is 26.2 Å². The molecule has 16 heavy (non-hydrogen) atoms. The van der Waals surface area contributed by atoms with Crippen molar-refractivity contribution in [1.29, 1.82) is 0 Å². The van der Waals surface area contributed by atoms with E-state index in [2.05, 4.69) is 5.32 Å². The maximum Gasteiger partial charge on any atom is 0.248 e. The van der Waals surface area contributed by atoms with Gasteiger partial charge in [0.15, 0.2) is 0 Å². The van der Waals surface area contributed by atoms with E-state index < -0.39 is 0 Å². The normalized spacial score (nSPS) is 29.6. The molecule has 0 aromatic rings. The van der Waals surface area contributed by atoms with Crippen LogP contribution in [0, 0.1) is 5.92 Å². The Morgan fingerprint density at radius 1 is 1.44 bits per heavy atom. The third-order valence-corrected chi connectivity index (χ3v) is 3.39. The molecule has 4 nitrogen and oxygen atoms in total. The van der Waals surface area contributed by atoms with Crippen molar-refractivity contribution in [2.24, 2.45) is 5.92 Å². The second-order valence-corrected chi connectivity index (χ2v) is 5.76. The third-order valence-electron chi connectivity index (χ3n) is 3.39. The zero-order valence-electron chi connectivity index (χ0n) is 10.5. The van der Waals surface area contributed by atoms with E-state index in [0.717, 1.165) is 26.1 Å². The van der Waals surface area contributed by atoms with Gasteiger partial charge in [0.05, 0.1) is 5.60 Å². The van der Waals surface area contributed by atoms with Crippen molar-refractivity contribution >= 4 is 5.91 Å². The molecule has 0 spiro atoms. The van der Waals surface area contributed by atoms with Crippen molar-refractivity contribution in [3.05, 3.63) is 0 Å². The summed E-state index contributed by atoms with van der Waals surface area (Å²) in [7, 11) is 0. The largest absolute Gasteiger partial charge is 0.366 e. The van der Waals surface area contributed by atoms with E-state index in [1.807, 2.05) is 25.7 Å². The summed E-state index contributed by atoms with van der Waals surface area (Å²) in [5.41, 5.74) is -0.233. The smallest absolute Gasteiger partial charge is 0.248 e. The first-order chi connectivity index (χ1) is 7.47. The van der Waals surface area contributed by atoms with Crippen molar-refractivity contribution in [3.63, 3.8) is 0 Å². The second kappa shape index (κ2) is 4.34. The third kappa shape index (κ3) is 2.55. The average Bonchev–Trinajstić information content (AvgIpc) is 2.73. The highest BCUT2D eigenvalue weighted by Crippen LogP contribution is 2.27. The van der Waals surface area contributed by atoms with E-state index in [4.69, 9.17) is 4.74 Å². The van der Waals surface area contributed by atoms with Gasteiger partial charge in [0.2, 0.25) is 5.91 Å². The summed E-state index contributed by atoms with van der Waals surface area (Å²) in [4.78, 5) is 14.0. The first-order valence-corrected chi connectivity index (χ1v) is 6.11. The van der Waals surface area contributed by atoms with Crippen LogP contribution < -0.4 is 5.32 Å². The van der Waals surface area contributed by atoms with Crippen LogP contribution in [0.25, 0.3) is 0 Å². The molecule has 0 bridgehead atoms. The molecule has 2 aliphatic rings. The fraction of sp³-hybridized carbons (Fsp3) is 0.917. The van der Waals surface area contributed by atoms with Crippen LogP contribution >= 0.6 is 0 Å². The Hall–Kier alpha value is -0.610. The van der Waals surface area contributed by atoms with E-state index >= 15 is 0 Å². The predicted molar refractivity (Wildman–Crippen MR) is 62.2 cm³/mol. The first kappa shape index (κ1) is 11.9. The van der Waals surface area contributed by atoms with Gasteiger partial charge in [-0.05, 0) is 33.1 Å². The molecular weight excluding hydrogens is 204 g/mol. The Morgan fingerprint density at radius 3 is 2.88 bits per heavy atom. The second-order valence-electron chi connectivity index (χ2n) is 5.76. The number of carbonyl (C=O) groups excluding carboxylic acids is 1. The molecule has 0 saturated carbocycles. The summed E-state index contributed by atoms with van der Waals surface area (Å²) < 4.78 is 5.54. The van der Waals surface area contributed by atoms with Crippen LogP contribution in [0.3, 0.4) is 0 Å². The summed E-state index contributed by atoms with van der Waals surface area (Å²) in [5, 5.41) is 3.35. The number of ether oxygens (including phenoxy) is 1. The lowest BCUT2D eigenvalue weighted by Crippen LogP contribution is -2.42. The predicted octanol–water partition coefficient (Wildman–Crippen LogP) is 0.622. The summed E-state index contributed by atoms with van der Waals surface area (Å²) in [5.74, 6) is 0.810. The Bertz CT molecular complexity index is 273. The Balaban J connectivity index is 1.86. The number of amides is 1. The molecule has 0 aromatic carbocycles. The molecule has 1 N–H and O–H groups in total. The minimum Gasteiger partial charge on any atom is -0.366 e. The SMILES string of the molecule is CC(C)(C)OCC(=O)N1CC[C@H]2CNC[C@H]21. The highest BCUT2D eigenvalue weighted by molar-refractivity contribution is 5.78. The molecule has 0 aromatic heterocycles. The van der Waals surface area contributed by atoms with Gasteiger partial charge in [-0.2, -0.15) is 0 Å². The molecule has 0 unspecified atom stereocenters. The lowest BCUT2D eigenvalue weighted by molar-refractivity contribution is -0.141. The van der Waals surface area contributed by atoms with Crippen molar-refractivity contribution < 1.29 is 9.53 Å². The standard InChI is InChI=1S/C12H22N2O2/c1-12(2,3)16-8-11(15)14-5-4-9-6-13-7-10(9)14/h9-10,13H,4-8H2,1-3H3/t9-,10+/m0/s1. The van der Waals surface area contributed by atoms with E-state index in [9.17, 15) is 4.79 Å². The minimum absolute atomic E-state index is 0.145. The van der Waals surface area contributed by atoms with Crippen LogP contribution in [0.4, 0.5) is 0 Å². The molecule has 1 amide bonds.